The van der Waals surface area contributed by atoms with Crippen molar-refractivity contribution < 1.29 is 22.0 Å². The zero-order chi connectivity index (χ0) is 14.9. The standard InChI is InChI=1S/C13H8F5NS/c14-9-6(10(15)12(17)13(18)11(9)16)5-20-8-4-2-1-3-7(8)19/h1-4H,5,19H2. The summed E-state index contributed by atoms with van der Waals surface area (Å²) in [7, 11) is 0. The SMILES string of the molecule is Nc1ccccc1SCc1c(F)c(F)c(F)c(F)c1F. The molecule has 0 radical (unpaired) electrons. The molecule has 0 atom stereocenters. The van der Waals surface area contributed by atoms with Crippen LogP contribution in [-0.2, 0) is 5.75 Å². The zero-order valence-corrected chi connectivity index (χ0v) is 10.7. The summed E-state index contributed by atoms with van der Waals surface area (Å²) >= 11 is 0.891. The lowest BCUT2D eigenvalue weighted by Crippen LogP contribution is -2.06. The van der Waals surface area contributed by atoms with Gasteiger partial charge in [-0.1, -0.05) is 12.1 Å². The normalized spacial score (nSPS) is 10.8. The maximum atomic E-state index is 13.4. The number of thioether (sulfide) groups is 1. The molecule has 0 fully saturated rings. The Kier molecular flexibility index (Phi) is 4.17. The van der Waals surface area contributed by atoms with E-state index in [9.17, 15) is 22.0 Å². The van der Waals surface area contributed by atoms with Gasteiger partial charge in [-0.2, -0.15) is 0 Å². The Morgan fingerprint density at radius 3 is 1.85 bits per heavy atom. The second-order valence-electron chi connectivity index (χ2n) is 3.87. The van der Waals surface area contributed by atoms with E-state index in [0.29, 0.717) is 10.6 Å². The van der Waals surface area contributed by atoms with E-state index in [-0.39, 0.29) is 0 Å². The lowest BCUT2D eigenvalue weighted by molar-refractivity contribution is 0.372. The van der Waals surface area contributed by atoms with Crippen LogP contribution in [0.25, 0.3) is 0 Å². The Morgan fingerprint density at radius 1 is 0.800 bits per heavy atom. The Morgan fingerprint density at radius 2 is 1.30 bits per heavy atom. The van der Waals surface area contributed by atoms with Gasteiger partial charge in [0.25, 0.3) is 0 Å². The van der Waals surface area contributed by atoms with Crippen molar-refractivity contribution in [3.05, 3.63) is 58.9 Å². The molecule has 0 heterocycles. The molecule has 0 amide bonds. The van der Waals surface area contributed by atoms with Gasteiger partial charge in [-0.25, -0.2) is 22.0 Å². The van der Waals surface area contributed by atoms with Gasteiger partial charge in [0.2, 0.25) is 5.82 Å². The Labute approximate surface area is 115 Å². The second-order valence-corrected chi connectivity index (χ2v) is 4.89. The summed E-state index contributed by atoms with van der Waals surface area (Å²) in [6.07, 6.45) is 0. The van der Waals surface area contributed by atoms with Crippen molar-refractivity contribution >= 4 is 17.4 Å². The molecule has 20 heavy (non-hydrogen) atoms. The molecule has 0 aliphatic rings. The van der Waals surface area contributed by atoms with Gasteiger partial charge in [0.1, 0.15) is 0 Å². The molecule has 7 heteroatoms. The summed E-state index contributed by atoms with van der Waals surface area (Å²) in [6, 6.07) is 6.47. The Balaban J connectivity index is 2.33. The highest BCUT2D eigenvalue weighted by atomic mass is 32.2. The van der Waals surface area contributed by atoms with E-state index in [2.05, 4.69) is 0 Å². The van der Waals surface area contributed by atoms with Crippen LogP contribution in [0.2, 0.25) is 0 Å². The minimum absolute atomic E-state index is 0.362. The number of rotatable bonds is 3. The van der Waals surface area contributed by atoms with Crippen LogP contribution in [0, 0.1) is 29.1 Å². The van der Waals surface area contributed by atoms with Gasteiger partial charge in [-0.15, -0.1) is 11.8 Å². The molecule has 2 aromatic rings. The van der Waals surface area contributed by atoms with E-state index in [0.717, 1.165) is 11.8 Å². The summed E-state index contributed by atoms with van der Waals surface area (Å²) in [5, 5.41) is 0. The van der Waals surface area contributed by atoms with E-state index >= 15 is 0 Å². The summed E-state index contributed by atoms with van der Waals surface area (Å²) in [5.41, 5.74) is 5.12. The molecule has 0 saturated carbocycles. The maximum absolute atomic E-state index is 13.4. The van der Waals surface area contributed by atoms with Crippen molar-refractivity contribution in [3.8, 4) is 0 Å². The number of benzene rings is 2. The zero-order valence-electron chi connectivity index (χ0n) is 9.89. The van der Waals surface area contributed by atoms with E-state index in [1.807, 2.05) is 0 Å². The van der Waals surface area contributed by atoms with Gasteiger partial charge >= 0.3 is 0 Å². The number of hydrogen-bond acceptors (Lipinski definition) is 2. The van der Waals surface area contributed by atoms with Crippen LogP contribution in [0.4, 0.5) is 27.6 Å². The first-order valence-electron chi connectivity index (χ1n) is 5.41. The molecule has 0 spiro atoms. The number of nitrogen functional groups attached to an aromatic ring is 1. The molecule has 2 aromatic carbocycles. The quantitative estimate of drug-likeness (QED) is 0.301. The van der Waals surface area contributed by atoms with E-state index in [1.165, 1.54) is 0 Å². The van der Waals surface area contributed by atoms with Gasteiger partial charge in [-0.05, 0) is 12.1 Å². The predicted molar refractivity (Wildman–Crippen MR) is 66.6 cm³/mol. The molecule has 0 aliphatic heterocycles. The topological polar surface area (TPSA) is 26.0 Å². The van der Waals surface area contributed by atoms with E-state index in [1.54, 1.807) is 24.3 Å². The lowest BCUT2D eigenvalue weighted by atomic mass is 10.2. The van der Waals surface area contributed by atoms with Crippen molar-refractivity contribution in [2.75, 3.05) is 5.73 Å². The molecule has 0 aromatic heterocycles. The smallest absolute Gasteiger partial charge is 0.200 e. The van der Waals surface area contributed by atoms with Gasteiger partial charge in [0.05, 0.1) is 0 Å². The number of hydrogen-bond donors (Lipinski definition) is 1. The second kappa shape index (κ2) is 5.70. The molecule has 1 nitrogen and oxygen atoms in total. The summed E-state index contributed by atoms with van der Waals surface area (Å²) < 4.78 is 65.8. The highest BCUT2D eigenvalue weighted by Crippen LogP contribution is 2.31. The Bertz CT molecular complexity index is 630. The maximum Gasteiger partial charge on any atom is 0.200 e. The minimum Gasteiger partial charge on any atom is -0.398 e. The van der Waals surface area contributed by atoms with Crippen LogP contribution < -0.4 is 5.73 Å². The lowest BCUT2D eigenvalue weighted by Gasteiger charge is -2.09. The third kappa shape index (κ3) is 2.58. The number of para-hydroxylation sites is 1. The van der Waals surface area contributed by atoms with Gasteiger partial charge in [-0.3, -0.25) is 0 Å². The average Bonchev–Trinajstić information content (AvgIpc) is 2.45. The van der Waals surface area contributed by atoms with Gasteiger partial charge in [0.15, 0.2) is 23.3 Å². The van der Waals surface area contributed by atoms with E-state index < -0.39 is 40.4 Å². The fourth-order valence-corrected chi connectivity index (χ4v) is 2.50. The molecule has 0 unspecified atom stereocenters. The molecule has 0 saturated heterocycles. The first-order chi connectivity index (χ1) is 9.43. The fourth-order valence-electron chi connectivity index (χ4n) is 1.54. The average molecular weight is 305 g/mol. The fraction of sp³-hybridized carbons (Fsp3) is 0.0769. The van der Waals surface area contributed by atoms with Crippen molar-refractivity contribution in [2.45, 2.75) is 10.6 Å². The first-order valence-corrected chi connectivity index (χ1v) is 6.39. The molecule has 2 N–H and O–H groups in total. The van der Waals surface area contributed by atoms with Crippen LogP contribution in [-0.4, -0.2) is 0 Å². The number of nitrogens with two attached hydrogens (primary N) is 1. The minimum atomic E-state index is -2.16. The third-order valence-electron chi connectivity index (χ3n) is 2.59. The van der Waals surface area contributed by atoms with Crippen molar-refractivity contribution in [1.82, 2.24) is 0 Å². The molecular weight excluding hydrogens is 297 g/mol. The van der Waals surface area contributed by atoms with Crippen molar-refractivity contribution in [3.63, 3.8) is 0 Å². The van der Waals surface area contributed by atoms with Crippen LogP contribution in [0.3, 0.4) is 0 Å². The van der Waals surface area contributed by atoms with Gasteiger partial charge < -0.3 is 5.73 Å². The summed E-state index contributed by atoms with van der Waals surface area (Å²) in [6.45, 7) is 0. The molecule has 0 aliphatic carbocycles. The highest BCUT2D eigenvalue weighted by Gasteiger charge is 2.25. The largest absolute Gasteiger partial charge is 0.398 e. The Hall–Kier alpha value is -1.76. The van der Waals surface area contributed by atoms with Crippen molar-refractivity contribution in [1.29, 1.82) is 0 Å². The number of halogens is 5. The molecule has 2 rings (SSSR count). The monoisotopic (exact) mass is 305 g/mol. The predicted octanol–water partition coefficient (Wildman–Crippen LogP) is 4.26. The number of anilines is 1. The van der Waals surface area contributed by atoms with Gasteiger partial charge in [0, 0.05) is 21.9 Å². The third-order valence-corrected chi connectivity index (χ3v) is 3.71. The first kappa shape index (κ1) is 14.6. The molecule has 0 bridgehead atoms. The van der Waals surface area contributed by atoms with Crippen LogP contribution in [0.5, 0.6) is 0 Å². The van der Waals surface area contributed by atoms with Crippen LogP contribution in [0.15, 0.2) is 29.2 Å². The van der Waals surface area contributed by atoms with Crippen LogP contribution >= 0.6 is 11.8 Å². The van der Waals surface area contributed by atoms with Crippen LogP contribution in [0.1, 0.15) is 5.56 Å². The highest BCUT2D eigenvalue weighted by molar-refractivity contribution is 7.98. The van der Waals surface area contributed by atoms with Crippen molar-refractivity contribution in [2.24, 2.45) is 0 Å². The molecule has 106 valence electrons. The molecular formula is C13H8F5NS. The summed E-state index contributed by atoms with van der Waals surface area (Å²) in [5.74, 6) is -10.1. The summed E-state index contributed by atoms with van der Waals surface area (Å²) in [4.78, 5) is 0.497. The van der Waals surface area contributed by atoms with E-state index in [4.69, 9.17) is 5.73 Å².